The molecule has 3 nitrogen and oxygen atoms in total. The molecule has 0 radical (unpaired) electrons. The van der Waals surface area contributed by atoms with E-state index in [2.05, 4.69) is 19.2 Å². The molecule has 2 atom stereocenters. The fourth-order valence-electron chi connectivity index (χ4n) is 2.58. The molecule has 2 saturated heterocycles. The summed E-state index contributed by atoms with van der Waals surface area (Å²) < 4.78 is 5.92. The normalized spacial score (nSPS) is 35.7. The van der Waals surface area contributed by atoms with Crippen LogP contribution in [-0.2, 0) is 9.53 Å². The minimum atomic E-state index is 0.0236. The molecule has 0 aromatic rings. The van der Waals surface area contributed by atoms with Gasteiger partial charge in [-0.25, -0.2) is 0 Å². The fourth-order valence-corrected chi connectivity index (χ4v) is 2.58. The molecular weight excluding hydrogens is 190 g/mol. The summed E-state index contributed by atoms with van der Waals surface area (Å²) in [4.78, 5) is 11.6. The van der Waals surface area contributed by atoms with Gasteiger partial charge in [0.2, 0.25) is 0 Å². The summed E-state index contributed by atoms with van der Waals surface area (Å²) in [6, 6.07) is 0. The van der Waals surface area contributed by atoms with Crippen LogP contribution in [0.4, 0.5) is 0 Å². The molecule has 0 saturated carbocycles. The maximum absolute atomic E-state index is 11.6. The van der Waals surface area contributed by atoms with Gasteiger partial charge in [0, 0.05) is 25.4 Å². The molecule has 1 N–H and O–H groups in total. The highest BCUT2D eigenvalue weighted by atomic mass is 16.5. The second-order valence-electron chi connectivity index (χ2n) is 5.39. The van der Waals surface area contributed by atoms with Gasteiger partial charge < -0.3 is 10.1 Å². The first-order valence-electron chi connectivity index (χ1n) is 5.98. The number of piperidine rings is 1. The van der Waals surface area contributed by atoms with Gasteiger partial charge in [-0.1, -0.05) is 0 Å². The van der Waals surface area contributed by atoms with E-state index in [9.17, 15) is 4.79 Å². The van der Waals surface area contributed by atoms with Crippen molar-refractivity contribution in [3.63, 3.8) is 0 Å². The Balaban J connectivity index is 1.84. The summed E-state index contributed by atoms with van der Waals surface area (Å²) in [5.74, 6) is 0.611. The van der Waals surface area contributed by atoms with Crippen LogP contribution < -0.4 is 5.32 Å². The van der Waals surface area contributed by atoms with E-state index < -0.39 is 0 Å². The lowest BCUT2D eigenvalue weighted by molar-refractivity contribution is -0.125. The van der Waals surface area contributed by atoms with Crippen LogP contribution in [0.3, 0.4) is 0 Å². The summed E-state index contributed by atoms with van der Waals surface area (Å²) in [5, 5.41) is 3.28. The Labute approximate surface area is 91.6 Å². The number of hydrogen-bond acceptors (Lipinski definition) is 3. The number of Topliss-reactive ketones (excluding diaryl/α,β-unsaturated/α-hetero) is 1. The van der Waals surface area contributed by atoms with Crippen LogP contribution in [0.15, 0.2) is 0 Å². The lowest BCUT2D eigenvalue weighted by atomic mass is 9.91. The highest BCUT2D eigenvalue weighted by Gasteiger charge is 2.34. The monoisotopic (exact) mass is 211 g/mol. The highest BCUT2D eigenvalue weighted by Crippen LogP contribution is 2.32. The number of nitrogens with one attached hydrogen (secondary N) is 1. The Morgan fingerprint density at radius 1 is 1.53 bits per heavy atom. The summed E-state index contributed by atoms with van der Waals surface area (Å²) in [6.07, 6.45) is 4.13. The molecule has 3 heteroatoms. The predicted octanol–water partition coefficient (Wildman–Crippen LogP) is 1.51. The van der Waals surface area contributed by atoms with Crippen molar-refractivity contribution in [1.82, 2.24) is 5.32 Å². The first kappa shape index (κ1) is 11.1. The lowest BCUT2D eigenvalue weighted by Gasteiger charge is -2.25. The summed E-state index contributed by atoms with van der Waals surface area (Å²) >= 11 is 0. The van der Waals surface area contributed by atoms with Crippen molar-refractivity contribution < 1.29 is 9.53 Å². The molecular formula is C12H21NO2. The molecule has 2 aliphatic heterocycles. The van der Waals surface area contributed by atoms with E-state index in [1.54, 1.807) is 0 Å². The zero-order chi connectivity index (χ0) is 10.9. The molecule has 0 amide bonds. The van der Waals surface area contributed by atoms with Crippen LogP contribution in [-0.4, -0.2) is 30.6 Å². The summed E-state index contributed by atoms with van der Waals surface area (Å²) in [6.45, 7) is 5.97. The molecule has 0 aromatic carbocycles. The second kappa shape index (κ2) is 4.22. The molecule has 86 valence electrons. The topological polar surface area (TPSA) is 38.3 Å². The summed E-state index contributed by atoms with van der Waals surface area (Å²) in [5.41, 5.74) is 0.0236. The van der Waals surface area contributed by atoms with Crippen molar-refractivity contribution in [2.45, 2.75) is 51.2 Å². The standard InChI is InChI=1S/C12H21NO2/c1-12(2)5-3-10(15-12)7-9-8-13-6-4-11(9)14/h9-10,13H,3-8H2,1-2H3. The van der Waals surface area contributed by atoms with Crippen molar-refractivity contribution in [3.8, 4) is 0 Å². The van der Waals surface area contributed by atoms with Crippen LogP contribution >= 0.6 is 0 Å². The van der Waals surface area contributed by atoms with Crippen LogP contribution in [0.1, 0.15) is 39.5 Å². The molecule has 0 spiro atoms. The van der Waals surface area contributed by atoms with E-state index in [1.165, 1.54) is 0 Å². The van der Waals surface area contributed by atoms with E-state index in [-0.39, 0.29) is 11.5 Å². The van der Waals surface area contributed by atoms with E-state index in [1.807, 2.05) is 0 Å². The van der Waals surface area contributed by atoms with Crippen molar-refractivity contribution in [2.24, 2.45) is 5.92 Å². The number of hydrogen-bond donors (Lipinski definition) is 1. The Morgan fingerprint density at radius 2 is 2.33 bits per heavy atom. The van der Waals surface area contributed by atoms with Crippen LogP contribution in [0.25, 0.3) is 0 Å². The summed E-state index contributed by atoms with van der Waals surface area (Å²) in [7, 11) is 0. The van der Waals surface area contributed by atoms with Crippen molar-refractivity contribution in [3.05, 3.63) is 0 Å². The number of carbonyl (C=O) groups is 1. The molecule has 2 rings (SSSR count). The Morgan fingerprint density at radius 3 is 2.93 bits per heavy atom. The quantitative estimate of drug-likeness (QED) is 0.752. The first-order chi connectivity index (χ1) is 7.07. The maximum Gasteiger partial charge on any atom is 0.138 e. The highest BCUT2D eigenvalue weighted by molar-refractivity contribution is 5.82. The molecule has 2 unspecified atom stereocenters. The van der Waals surface area contributed by atoms with Gasteiger partial charge in [0.1, 0.15) is 5.78 Å². The Bertz CT molecular complexity index is 250. The molecule has 0 aromatic heterocycles. The zero-order valence-corrected chi connectivity index (χ0v) is 9.71. The molecule has 0 aliphatic carbocycles. The number of rotatable bonds is 2. The smallest absolute Gasteiger partial charge is 0.138 e. The zero-order valence-electron chi connectivity index (χ0n) is 9.71. The second-order valence-corrected chi connectivity index (χ2v) is 5.39. The van der Waals surface area contributed by atoms with E-state index in [4.69, 9.17) is 4.74 Å². The van der Waals surface area contributed by atoms with Crippen molar-refractivity contribution >= 4 is 5.78 Å². The Kier molecular flexibility index (Phi) is 3.12. The number of carbonyl (C=O) groups excluding carboxylic acids is 1. The fraction of sp³-hybridized carbons (Fsp3) is 0.917. The van der Waals surface area contributed by atoms with Crippen LogP contribution in [0.5, 0.6) is 0 Å². The minimum absolute atomic E-state index is 0.0236. The van der Waals surface area contributed by atoms with Gasteiger partial charge in [-0.2, -0.15) is 0 Å². The molecule has 0 bridgehead atoms. The largest absolute Gasteiger partial charge is 0.372 e. The number of ketones is 1. The average Bonchev–Trinajstić information content (AvgIpc) is 2.50. The minimum Gasteiger partial charge on any atom is -0.372 e. The van der Waals surface area contributed by atoms with E-state index >= 15 is 0 Å². The van der Waals surface area contributed by atoms with E-state index in [0.717, 1.165) is 32.4 Å². The lowest BCUT2D eigenvalue weighted by Crippen LogP contribution is -2.38. The van der Waals surface area contributed by atoms with Crippen molar-refractivity contribution in [2.75, 3.05) is 13.1 Å². The van der Waals surface area contributed by atoms with Gasteiger partial charge in [-0.15, -0.1) is 0 Å². The van der Waals surface area contributed by atoms with Gasteiger partial charge >= 0.3 is 0 Å². The third kappa shape index (κ3) is 2.79. The van der Waals surface area contributed by atoms with Crippen LogP contribution in [0, 0.1) is 5.92 Å². The van der Waals surface area contributed by atoms with Gasteiger partial charge in [-0.05, 0) is 33.1 Å². The van der Waals surface area contributed by atoms with Gasteiger partial charge in [0.25, 0.3) is 0 Å². The average molecular weight is 211 g/mol. The van der Waals surface area contributed by atoms with Gasteiger partial charge in [0.15, 0.2) is 0 Å². The Hall–Kier alpha value is -0.410. The van der Waals surface area contributed by atoms with E-state index in [0.29, 0.717) is 18.3 Å². The molecule has 15 heavy (non-hydrogen) atoms. The van der Waals surface area contributed by atoms with Crippen LogP contribution in [0.2, 0.25) is 0 Å². The first-order valence-corrected chi connectivity index (χ1v) is 5.98. The molecule has 2 heterocycles. The van der Waals surface area contributed by atoms with Gasteiger partial charge in [0.05, 0.1) is 11.7 Å². The maximum atomic E-state index is 11.6. The molecule has 2 aliphatic rings. The van der Waals surface area contributed by atoms with Crippen molar-refractivity contribution in [1.29, 1.82) is 0 Å². The number of ether oxygens (including phenoxy) is 1. The molecule has 2 fully saturated rings. The predicted molar refractivity (Wildman–Crippen MR) is 58.8 cm³/mol. The SMILES string of the molecule is CC1(C)CCC(CC2CNCCC2=O)O1. The third-order valence-corrected chi connectivity index (χ3v) is 3.50. The van der Waals surface area contributed by atoms with Gasteiger partial charge in [-0.3, -0.25) is 4.79 Å². The third-order valence-electron chi connectivity index (χ3n) is 3.50.